The standard InChI is InChI=1S/C16H20FN3O/c1-4-5-18-16(12-6-11(2)7-13(17)8-12)14-9-15(21-3)20-10-19-14/h6-10,16,18H,4-5H2,1-3H3. The van der Waals surface area contributed by atoms with Crippen molar-refractivity contribution in [3.05, 3.63) is 53.2 Å². The van der Waals surface area contributed by atoms with Crippen LogP contribution in [0.2, 0.25) is 0 Å². The maximum Gasteiger partial charge on any atom is 0.216 e. The Bertz CT molecular complexity index is 584. The molecule has 0 aliphatic carbocycles. The number of nitrogens with zero attached hydrogens (tertiary/aromatic N) is 2. The number of halogens is 1. The van der Waals surface area contributed by atoms with E-state index in [1.54, 1.807) is 13.2 Å². The lowest BCUT2D eigenvalue weighted by atomic mass is 10.0. The zero-order chi connectivity index (χ0) is 15.2. The van der Waals surface area contributed by atoms with Crippen molar-refractivity contribution in [3.63, 3.8) is 0 Å². The third-order valence-electron chi connectivity index (χ3n) is 3.16. The van der Waals surface area contributed by atoms with Crippen LogP contribution in [0.3, 0.4) is 0 Å². The number of hydrogen-bond acceptors (Lipinski definition) is 4. The number of ether oxygens (including phenoxy) is 1. The molecule has 21 heavy (non-hydrogen) atoms. The Morgan fingerprint density at radius 1 is 1.24 bits per heavy atom. The number of benzene rings is 1. The van der Waals surface area contributed by atoms with Crippen LogP contribution in [0.1, 0.15) is 36.2 Å². The Hall–Kier alpha value is -2.01. The van der Waals surface area contributed by atoms with Crippen LogP contribution in [0.25, 0.3) is 0 Å². The first-order valence-corrected chi connectivity index (χ1v) is 7.00. The predicted octanol–water partition coefficient (Wildman–Crippen LogP) is 3.02. The van der Waals surface area contributed by atoms with Gasteiger partial charge in [0.1, 0.15) is 12.1 Å². The minimum Gasteiger partial charge on any atom is -0.481 e. The summed E-state index contributed by atoms with van der Waals surface area (Å²) in [6, 6.07) is 6.60. The van der Waals surface area contributed by atoms with E-state index >= 15 is 0 Å². The van der Waals surface area contributed by atoms with E-state index in [2.05, 4.69) is 22.2 Å². The number of methoxy groups -OCH3 is 1. The van der Waals surface area contributed by atoms with Crippen LogP contribution >= 0.6 is 0 Å². The average molecular weight is 289 g/mol. The molecule has 2 aromatic rings. The number of aryl methyl sites for hydroxylation is 1. The summed E-state index contributed by atoms with van der Waals surface area (Å²) in [4.78, 5) is 8.31. The molecular formula is C16H20FN3O. The third kappa shape index (κ3) is 3.98. The Morgan fingerprint density at radius 3 is 2.71 bits per heavy atom. The smallest absolute Gasteiger partial charge is 0.216 e. The van der Waals surface area contributed by atoms with E-state index in [4.69, 9.17) is 4.74 Å². The van der Waals surface area contributed by atoms with E-state index in [-0.39, 0.29) is 11.9 Å². The molecule has 0 spiro atoms. The van der Waals surface area contributed by atoms with Crippen LogP contribution < -0.4 is 10.1 Å². The summed E-state index contributed by atoms with van der Waals surface area (Å²) >= 11 is 0. The van der Waals surface area contributed by atoms with E-state index in [0.29, 0.717) is 5.88 Å². The van der Waals surface area contributed by atoms with Gasteiger partial charge in [-0.15, -0.1) is 0 Å². The maximum absolute atomic E-state index is 13.7. The number of aromatic nitrogens is 2. The van der Waals surface area contributed by atoms with E-state index in [1.165, 1.54) is 18.5 Å². The average Bonchev–Trinajstić information content (AvgIpc) is 2.47. The molecule has 2 rings (SSSR count). The fourth-order valence-corrected chi connectivity index (χ4v) is 2.24. The van der Waals surface area contributed by atoms with Crippen molar-refractivity contribution >= 4 is 0 Å². The quantitative estimate of drug-likeness (QED) is 0.888. The van der Waals surface area contributed by atoms with Crippen LogP contribution in [-0.4, -0.2) is 23.6 Å². The molecule has 0 radical (unpaired) electrons. The molecule has 0 saturated heterocycles. The lowest BCUT2D eigenvalue weighted by Gasteiger charge is -2.19. The summed E-state index contributed by atoms with van der Waals surface area (Å²) < 4.78 is 18.8. The monoisotopic (exact) mass is 289 g/mol. The van der Waals surface area contributed by atoms with Crippen LogP contribution in [0.4, 0.5) is 4.39 Å². The molecule has 0 amide bonds. The van der Waals surface area contributed by atoms with Gasteiger partial charge in [0.2, 0.25) is 5.88 Å². The van der Waals surface area contributed by atoms with Gasteiger partial charge in [0.25, 0.3) is 0 Å². The molecule has 0 aliphatic heterocycles. The Labute approximate surface area is 124 Å². The SMILES string of the molecule is CCCNC(c1cc(C)cc(F)c1)c1cc(OC)ncn1. The van der Waals surface area contributed by atoms with Gasteiger partial charge in [-0.25, -0.2) is 14.4 Å². The molecule has 112 valence electrons. The van der Waals surface area contributed by atoms with E-state index in [9.17, 15) is 4.39 Å². The highest BCUT2D eigenvalue weighted by Gasteiger charge is 2.17. The van der Waals surface area contributed by atoms with Crippen molar-refractivity contribution in [2.24, 2.45) is 0 Å². The van der Waals surface area contributed by atoms with Gasteiger partial charge in [-0.3, -0.25) is 0 Å². The van der Waals surface area contributed by atoms with Crippen molar-refractivity contribution < 1.29 is 9.13 Å². The molecule has 1 atom stereocenters. The lowest BCUT2D eigenvalue weighted by molar-refractivity contribution is 0.394. The van der Waals surface area contributed by atoms with E-state index in [1.807, 2.05) is 13.0 Å². The fraction of sp³-hybridized carbons (Fsp3) is 0.375. The van der Waals surface area contributed by atoms with Crippen molar-refractivity contribution in [1.29, 1.82) is 0 Å². The third-order valence-corrected chi connectivity index (χ3v) is 3.16. The summed E-state index contributed by atoms with van der Waals surface area (Å²) in [6.07, 6.45) is 2.44. The lowest BCUT2D eigenvalue weighted by Crippen LogP contribution is -2.24. The molecule has 1 aromatic heterocycles. The minimum atomic E-state index is -0.241. The fourth-order valence-electron chi connectivity index (χ4n) is 2.24. The Kier molecular flexibility index (Phi) is 5.22. The zero-order valence-corrected chi connectivity index (χ0v) is 12.6. The van der Waals surface area contributed by atoms with Crippen LogP contribution in [-0.2, 0) is 0 Å². The second-order valence-electron chi connectivity index (χ2n) is 4.93. The van der Waals surface area contributed by atoms with E-state index < -0.39 is 0 Å². The Balaban J connectivity index is 2.41. The molecule has 0 aliphatic rings. The van der Waals surface area contributed by atoms with Crippen molar-refractivity contribution in [1.82, 2.24) is 15.3 Å². The van der Waals surface area contributed by atoms with Crippen LogP contribution in [0, 0.1) is 12.7 Å². The summed E-state index contributed by atoms with van der Waals surface area (Å²) in [6.45, 7) is 4.78. The highest BCUT2D eigenvalue weighted by atomic mass is 19.1. The first kappa shape index (κ1) is 15.4. The topological polar surface area (TPSA) is 47.0 Å². The van der Waals surface area contributed by atoms with Gasteiger partial charge in [0, 0.05) is 6.07 Å². The first-order valence-electron chi connectivity index (χ1n) is 7.00. The normalized spacial score (nSPS) is 12.2. The van der Waals surface area contributed by atoms with Crippen molar-refractivity contribution in [2.75, 3.05) is 13.7 Å². The number of hydrogen-bond donors (Lipinski definition) is 1. The molecule has 0 fully saturated rings. The summed E-state index contributed by atoms with van der Waals surface area (Å²) in [5, 5.41) is 3.40. The van der Waals surface area contributed by atoms with Crippen molar-refractivity contribution in [2.45, 2.75) is 26.3 Å². The molecule has 0 saturated carbocycles. The molecule has 1 unspecified atom stereocenters. The van der Waals surface area contributed by atoms with Gasteiger partial charge < -0.3 is 10.1 Å². The highest BCUT2D eigenvalue weighted by molar-refractivity contribution is 5.32. The Morgan fingerprint density at radius 2 is 2.05 bits per heavy atom. The summed E-state index contributed by atoms with van der Waals surface area (Å²) in [7, 11) is 1.56. The van der Waals surface area contributed by atoms with Gasteiger partial charge in [-0.1, -0.05) is 13.0 Å². The van der Waals surface area contributed by atoms with Crippen molar-refractivity contribution in [3.8, 4) is 5.88 Å². The highest BCUT2D eigenvalue weighted by Crippen LogP contribution is 2.24. The second-order valence-corrected chi connectivity index (χ2v) is 4.93. The summed E-state index contributed by atoms with van der Waals surface area (Å²) in [5.74, 6) is 0.255. The largest absolute Gasteiger partial charge is 0.481 e. The number of nitrogens with one attached hydrogen (secondary N) is 1. The van der Waals surface area contributed by atoms with Gasteiger partial charge in [-0.2, -0.15) is 0 Å². The van der Waals surface area contributed by atoms with Gasteiger partial charge >= 0.3 is 0 Å². The van der Waals surface area contributed by atoms with Gasteiger partial charge in [-0.05, 0) is 43.1 Å². The van der Waals surface area contributed by atoms with Crippen LogP contribution in [0.5, 0.6) is 5.88 Å². The molecule has 1 aromatic carbocycles. The summed E-state index contributed by atoms with van der Waals surface area (Å²) in [5.41, 5.74) is 2.50. The van der Waals surface area contributed by atoms with Crippen LogP contribution in [0.15, 0.2) is 30.6 Å². The second kappa shape index (κ2) is 7.13. The van der Waals surface area contributed by atoms with Gasteiger partial charge in [0.05, 0.1) is 18.8 Å². The zero-order valence-electron chi connectivity index (χ0n) is 12.6. The van der Waals surface area contributed by atoms with E-state index in [0.717, 1.165) is 29.8 Å². The molecule has 4 nitrogen and oxygen atoms in total. The first-order chi connectivity index (χ1) is 10.1. The van der Waals surface area contributed by atoms with Gasteiger partial charge in [0.15, 0.2) is 0 Å². The molecule has 5 heteroatoms. The number of rotatable bonds is 6. The molecule has 1 heterocycles. The minimum absolute atomic E-state index is 0.184. The maximum atomic E-state index is 13.7. The molecule has 0 bridgehead atoms. The molecular weight excluding hydrogens is 269 g/mol. The predicted molar refractivity (Wildman–Crippen MR) is 79.9 cm³/mol. The molecule has 1 N–H and O–H groups in total.